The number of nitrogens with zero attached hydrogens (tertiary/aromatic N) is 1. The largest absolute Gasteiger partial charge is 0.507 e. The van der Waals surface area contributed by atoms with Gasteiger partial charge in [-0.1, -0.05) is 24.3 Å². The van der Waals surface area contributed by atoms with Crippen molar-refractivity contribution in [2.75, 3.05) is 5.32 Å². The third kappa shape index (κ3) is 4.09. The third-order valence-electron chi connectivity index (χ3n) is 4.29. The van der Waals surface area contributed by atoms with E-state index < -0.39 is 0 Å². The van der Waals surface area contributed by atoms with E-state index in [1.165, 1.54) is 6.07 Å². The van der Waals surface area contributed by atoms with Crippen molar-refractivity contribution in [1.82, 2.24) is 10.3 Å². The first-order valence-corrected chi connectivity index (χ1v) is 9.28. The Labute approximate surface area is 172 Å². The van der Waals surface area contributed by atoms with Gasteiger partial charge in [-0.3, -0.25) is 10.1 Å². The second kappa shape index (κ2) is 7.73. The van der Waals surface area contributed by atoms with Crippen molar-refractivity contribution in [2.45, 2.75) is 6.92 Å². The summed E-state index contributed by atoms with van der Waals surface area (Å²) in [4.78, 5) is 16.6. The molecule has 3 aromatic carbocycles. The van der Waals surface area contributed by atoms with E-state index in [1.54, 1.807) is 36.4 Å². The number of benzene rings is 3. The standard InChI is InChI=1S/C22H17N3O3S/c1-13-7-10-19-17(11-13)24-21(28-19)16-9-8-15(12-18(16)26)23-22(29)25-20(27)14-5-3-2-4-6-14/h2-12,26H,1H3,(H2,23,25,27,29). The number of fused-ring (bicyclic) bond motifs is 1. The number of hydrogen-bond donors (Lipinski definition) is 3. The molecule has 6 nitrogen and oxygen atoms in total. The average Bonchev–Trinajstić information content (AvgIpc) is 3.11. The Kier molecular flexibility index (Phi) is 4.97. The summed E-state index contributed by atoms with van der Waals surface area (Å²) < 4.78 is 5.74. The number of anilines is 1. The molecule has 144 valence electrons. The number of rotatable bonds is 3. The molecule has 0 aliphatic carbocycles. The first-order valence-electron chi connectivity index (χ1n) is 8.87. The highest BCUT2D eigenvalue weighted by Crippen LogP contribution is 2.33. The van der Waals surface area contributed by atoms with Gasteiger partial charge in [-0.15, -0.1) is 0 Å². The summed E-state index contributed by atoms with van der Waals surface area (Å²) in [7, 11) is 0. The van der Waals surface area contributed by atoms with Crippen LogP contribution in [0.3, 0.4) is 0 Å². The number of amides is 1. The molecule has 0 saturated heterocycles. The topological polar surface area (TPSA) is 87.4 Å². The number of thiocarbonyl (C=S) groups is 1. The summed E-state index contributed by atoms with van der Waals surface area (Å²) in [5.41, 5.74) is 3.94. The molecule has 0 atom stereocenters. The van der Waals surface area contributed by atoms with Crippen LogP contribution in [0.2, 0.25) is 0 Å². The molecule has 4 aromatic rings. The van der Waals surface area contributed by atoms with Crippen LogP contribution in [0.25, 0.3) is 22.6 Å². The summed E-state index contributed by atoms with van der Waals surface area (Å²) in [6.07, 6.45) is 0. The minimum absolute atomic E-state index is 0.0181. The van der Waals surface area contributed by atoms with Gasteiger partial charge in [0.15, 0.2) is 10.7 Å². The molecule has 1 amide bonds. The van der Waals surface area contributed by atoms with Crippen LogP contribution in [0.1, 0.15) is 15.9 Å². The number of hydrogen-bond acceptors (Lipinski definition) is 5. The summed E-state index contributed by atoms with van der Waals surface area (Å²) in [5, 5.41) is 16.0. The lowest BCUT2D eigenvalue weighted by molar-refractivity contribution is 0.0977. The minimum atomic E-state index is -0.314. The van der Waals surface area contributed by atoms with Crippen LogP contribution in [-0.4, -0.2) is 21.1 Å². The number of aryl methyl sites for hydroxylation is 1. The zero-order chi connectivity index (χ0) is 20.4. The van der Waals surface area contributed by atoms with Crippen LogP contribution in [0.5, 0.6) is 5.75 Å². The lowest BCUT2D eigenvalue weighted by Gasteiger charge is -2.10. The van der Waals surface area contributed by atoms with Gasteiger partial charge in [-0.25, -0.2) is 4.98 Å². The normalized spacial score (nSPS) is 10.7. The molecule has 0 saturated carbocycles. The van der Waals surface area contributed by atoms with Gasteiger partial charge >= 0.3 is 0 Å². The van der Waals surface area contributed by atoms with Crippen LogP contribution in [0.4, 0.5) is 5.69 Å². The van der Waals surface area contributed by atoms with Crippen molar-refractivity contribution in [3.8, 4) is 17.2 Å². The number of aromatic nitrogens is 1. The molecule has 0 unspecified atom stereocenters. The first-order chi connectivity index (χ1) is 14.0. The average molecular weight is 403 g/mol. The molecule has 0 bridgehead atoms. The Bertz CT molecular complexity index is 1220. The fourth-order valence-electron chi connectivity index (χ4n) is 2.87. The predicted molar refractivity (Wildman–Crippen MR) is 116 cm³/mol. The van der Waals surface area contributed by atoms with E-state index in [0.717, 1.165) is 11.1 Å². The molecule has 1 aromatic heterocycles. The molecule has 29 heavy (non-hydrogen) atoms. The molecule has 0 spiro atoms. The Balaban J connectivity index is 1.49. The van der Waals surface area contributed by atoms with Gasteiger partial charge in [0.1, 0.15) is 11.3 Å². The van der Waals surface area contributed by atoms with E-state index in [-0.39, 0.29) is 16.8 Å². The van der Waals surface area contributed by atoms with Crippen LogP contribution in [0.15, 0.2) is 71.1 Å². The van der Waals surface area contributed by atoms with Gasteiger partial charge in [0.2, 0.25) is 5.89 Å². The van der Waals surface area contributed by atoms with Crippen LogP contribution in [-0.2, 0) is 0 Å². The summed E-state index contributed by atoms with van der Waals surface area (Å²) in [5.74, 6) is -0.00391. The number of carbonyl (C=O) groups is 1. The molecule has 0 aliphatic rings. The van der Waals surface area contributed by atoms with Crippen LogP contribution >= 0.6 is 12.2 Å². The van der Waals surface area contributed by atoms with E-state index in [9.17, 15) is 9.90 Å². The van der Waals surface area contributed by atoms with Crippen molar-refractivity contribution >= 4 is 40.0 Å². The van der Waals surface area contributed by atoms with E-state index >= 15 is 0 Å². The van der Waals surface area contributed by atoms with Gasteiger partial charge < -0.3 is 14.8 Å². The molecule has 7 heteroatoms. The van der Waals surface area contributed by atoms with Gasteiger partial charge in [-0.2, -0.15) is 0 Å². The maximum Gasteiger partial charge on any atom is 0.257 e. The number of aromatic hydroxyl groups is 1. The summed E-state index contributed by atoms with van der Waals surface area (Å²) >= 11 is 5.18. The molecule has 0 radical (unpaired) electrons. The maximum absolute atomic E-state index is 12.2. The number of oxazole rings is 1. The highest BCUT2D eigenvalue weighted by molar-refractivity contribution is 7.80. The molecule has 3 N–H and O–H groups in total. The van der Waals surface area contributed by atoms with E-state index in [0.29, 0.717) is 28.3 Å². The van der Waals surface area contributed by atoms with Crippen molar-refractivity contribution in [2.24, 2.45) is 0 Å². The molecular weight excluding hydrogens is 386 g/mol. The monoisotopic (exact) mass is 403 g/mol. The second-order valence-corrected chi connectivity index (χ2v) is 6.90. The number of phenols is 1. The quantitative estimate of drug-likeness (QED) is 0.432. The van der Waals surface area contributed by atoms with E-state index in [4.69, 9.17) is 16.6 Å². The predicted octanol–water partition coefficient (Wildman–Crippen LogP) is 4.64. The van der Waals surface area contributed by atoms with Crippen LogP contribution in [0, 0.1) is 6.92 Å². The highest BCUT2D eigenvalue weighted by Gasteiger charge is 2.14. The number of carbonyl (C=O) groups excluding carboxylic acids is 1. The zero-order valence-corrected chi connectivity index (χ0v) is 16.3. The molecule has 0 fully saturated rings. The Morgan fingerprint density at radius 2 is 1.86 bits per heavy atom. The summed E-state index contributed by atoms with van der Waals surface area (Å²) in [6.45, 7) is 1.98. The Hall–Kier alpha value is -3.71. The smallest absolute Gasteiger partial charge is 0.257 e. The molecule has 0 aliphatic heterocycles. The Morgan fingerprint density at radius 1 is 1.07 bits per heavy atom. The molecule has 1 heterocycles. The van der Waals surface area contributed by atoms with Gasteiger partial charge in [-0.05, 0) is 61.1 Å². The van der Waals surface area contributed by atoms with Gasteiger partial charge in [0.25, 0.3) is 5.91 Å². The van der Waals surface area contributed by atoms with Crippen molar-refractivity contribution in [1.29, 1.82) is 0 Å². The SMILES string of the molecule is Cc1ccc2oc(-c3ccc(NC(=S)NC(=O)c4ccccc4)cc3O)nc2c1. The van der Waals surface area contributed by atoms with E-state index in [1.807, 2.05) is 31.2 Å². The second-order valence-electron chi connectivity index (χ2n) is 6.50. The first kappa shape index (κ1) is 18.6. The maximum atomic E-state index is 12.2. The lowest BCUT2D eigenvalue weighted by atomic mass is 10.2. The summed E-state index contributed by atoms with van der Waals surface area (Å²) in [6, 6.07) is 19.4. The minimum Gasteiger partial charge on any atom is -0.507 e. The van der Waals surface area contributed by atoms with E-state index in [2.05, 4.69) is 15.6 Å². The van der Waals surface area contributed by atoms with Gasteiger partial charge in [0, 0.05) is 17.3 Å². The third-order valence-corrected chi connectivity index (χ3v) is 4.50. The van der Waals surface area contributed by atoms with Crippen molar-refractivity contribution in [3.05, 3.63) is 77.9 Å². The fraction of sp³-hybridized carbons (Fsp3) is 0.0455. The number of phenolic OH excluding ortho intramolecular Hbond substituents is 1. The lowest BCUT2D eigenvalue weighted by Crippen LogP contribution is -2.34. The van der Waals surface area contributed by atoms with Crippen molar-refractivity contribution in [3.63, 3.8) is 0 Å². The molecular formula is C22H17N3O3S. The van der Waals surface area contributed by atoms with Crippen LogP contribution < -0.4 is 10.6 Å². The Morgan fingerprint density at radius 3 is 2.62 bits per heavy atom. The van der Waals surface area contributed by atoms with Gasteiger partial charge in [0.05, 0.1) is 5.56 Å². The highest BCUT2D eigenvalue weighted by atomic mass is 32.1. The molecule has 4 rings (SSSR count). The number of nitrogens with one attached hydrogen (secondary N) is 2. The zero-order valence-electron chi connectivity index (χ0n) is 15.5. The van der Waals surface area contributed by atoms with Crippen molar-refractivity contribution < 1.29 is 14.3 Å². The fourth-order valence-corrected chi connectivity index (χ4v) is 3.08.